The van der Waals surface area contributed by atoms with Crippen LogP contribution in [0.1, 0.15) is 62.2 Å². The number of hydrogen-bond donors (Lipinski definition) is 2. The molecule has 42 heavy (non-hydrogen) atoms. The monoisotopic (exact) mass is 610 g/mol. The summed E-state index contributed by atoms with van der Waals surface area (Å²) in [5, 5.41) is 13.6. The maximum absolute atomic E-state index is 15.5. The minimum Gasteiger partial charge on any atom is -0.493 e. The third kappa shape index (κ3) is 6.00. The fourth-order valence-electron chi connectivity index (χ4n) is 5.30. The van der Waals surface area contributed by atoms with Crippen LogP contribution in [0.15, 0.2) is 24.3 Å². The Kier molecular flexibility index (Phi) is 8.69. The number of sulfonamides is 1. The third-order valence-corrected chi connectivity index (χ3v) is 8.92. The van der Waals surface area contributed by atoms with Gasteiger partial charge in [0, 0.05) is 23.1 Å². The molecule has 9 nitrogen and oxygen atoms in total. The van der Waals surface area contributed by atoms with Gasteiger partial charge in [0.15, 0.2) is 11.5 Å². The standard InChI is InChI=1S/C29H37F3N4O5S/c1-16-25-21(14-23(26(16)40-6)41-15-19-10-9-13-36(19)42(7,38)39)27(35-18(3)34-25)33-17(2)20-11-8-12-22(24(20)30)29(31,32)28(4,5)37/h8,11-12,14,17,19,37H,9-10,13,15H2,1-7H3,(H,33,34,35)/t17-,19+/m1/s1. The van der Waals surface area contributed by atoms with Crippen molar-refractivity contribution < 1.29 is 36.2 Å². The molecule has 1 fully saturated rings. The Hall–Kier alpha value is -3.16. The van der Waals surface area contributed by atoms with Crippen LogP contribution >= 0.6 is 0 Å². The van der Waals surface area contributed by atoms with Crippen LogP contribution in [-0.4, -0.2) is 66.0 Å². The molecule has 1 aromatic heterocycles. The van der Waals surface area contributed by atoms with Gasteiger partial charge in [-0.15, -0.1) is 0 Å². The molecule has 1 aliphatic heterocycles. The number of nitrogens with zero attached hydrogens (tertiary/aromatic N) is 3. The predicted octanol–water partition coefficient (Wildman–Crippen LogP) is 5.23. The van der Waals surface area contributed by atoms with Crippen LogP contribution < -0.4 is 14.8 Å². The van der Waals surface area contributed by atoms with E-state index in [4.69, 9.17) is 9.47 Å². The van der Waals surface area contributed by atoms with Crippen LogP contribution in [0.25, 0.3) is 10.9 Å². The smallest absolute Gasteiger partial charge is 0.303 e. The first-order chi connectivity index (χ1) is 19.5. The van der Waals surface area contributed by atoms with Crippen LogP contribution in [0, 0.1) is 19.7 Å². The number of aliphatic hydroxyl groups is 1. The quantitative estimate of drug-likeness (QED) is 0.321. The second kappa shape index (κ2) is 11.5. The lowest BCUT2D eigenvalue weighted by atomic mass is 9.91. The molecule has 230 valence electrons. The van der Waals surface area contributed by atoms with Crippen LogP contribution in [0.3, 0.4) is 0 Å². The zero-order chi connectivity index (χ0) is 31.2. The average molecular weight is 611 g/mol. The van der Waals surface area contributed by atoms with E-state index in [0.717, 1.165) is 26.3 Å². The van der Waals surface area contributed by atoms with Gasteiger partial charge in [0.05, 0.1) is 36.5 Å². The largest absolute Gasteiger partial charge is 0.493 e. The van der Waals surface area contributed by atoms with Crippen molar-refractivity contribution in [1.29, 1.82) is 0 Å². The molecule has 1 aliphatic rings. The number of halogens is 3. The molecule has 0 saturated carbocycles. The Morgan fingerprint density at radius 2 is 1.93 bits per heavy atom. The fraction of sp³-hybridized carbons (Fsp3) is 0.517. The van der Waals surface area contributed by atoms with Crippen molar-refractivity contribution in [3.05, 3.63) is 52.6 Å². The summed E-state index contributed by atoms with van der Waals surface area (Å²) in [6.45, 7) is 7.50. The lowest BCUT2D eigenvalue weighted by Crippen LogP contribution is -2.41. The Morgan fingerprint density at radius 3 is 2.55 bits per heavy atom. The summed E-state index contributed by atoms with van der Waals surface area (Å²) < 4.78 is 82.9. The zero-order valence-corrected chi connectivity index (χ0v) is 25.6. The number of fused-ring (bicyclic) bond motifs is 1. The van der Waals surface area contributed by atoms with Gasteiger partial charge in [0.2, 0.25) is 10.0 Å². The Labute approximate surface area is 244 Å². The highest BCUT2D eigenvalue weighted by molar-refractivity contribution is 7.88. The van der Waals surface area contributed by atoms with Crippen molar-refractivity contribution in [2.24, 2.45) is 0 Å². The number of benzene rings is 2. The molecule has 0 amide bonds. The van der Waals surface area contributed by atoms with E-state index in [2.05, 4.69) is 15.3 Å². The van der Waals surface area contributed by atoms with Gasteiger partial charge in [0.25, 0.3) is 0 Å². The topological polar surface area (TPSA) is 114 Å². The summed E-state index contributed by atoms with van der Waals surface area (Å²) in [6.07, 6.45) is 2.56. The molecule has 1 saturated heterocycles. The SMILES string of the molecule is COc1c(OC[C@@H]2CCCN2S(C)(=O)=O)cc2c(N[C@H](C)c3cccc(C(F)(F)C(C)(C)O)c3F)nc(C)nc2c1C. The van der Waals surface area contributed by atoms with Crippen molar-refractivity contribution in [2.75, 3.05) is 31.8 Å². The van der Waals surface area contributed by atoms with Gasteiger partial charge < -0.3 is 19.9 Å². The number of aromatic nitrogens is 2. The second-order valence-electron chi connectivity index (χ2n) is 11.2. The second-order valence-corrected chi connectivity index (χ2v) is 13.2. The van der Waals surface area contributed by atoms with Crippen molar-refractivity contribution in [3.8, 4) is 11.5 Å². The molecule has 2 atom stereocenters. The maximum atomic E-state index is 15.5. The summed E-state index contributed by atoms with van der Waals surface area (Å²) in [7, 11) is -1.90. The molecule has 2 N–H and O–H groups in total. The Morgan fingerprint density at radius 1 is 1.24 bits per heavy atom. The first-order valence-electron chi connectivity index (χ1n) is 13.6. The summed E-state index contributed by atoms with van der Waals surface area (Å²) in [5.74, 6) is -3.46. The van der Waals surface area contributed by atoms with E-state index in [-0.39, 0.29) is 18.2 Å². The Bertz CT molecular complexity index is 1590. The van der Waals surface area contributed by atoms with Crippen LogP contribution in [0.2, 0.25) is 0 Å². The number of ether oxygens (including phenoxy) is 2. The van der Waals surface area contributed by atoms with E-state index >= 15 is 4.39 Å². The number of rotatable bonds is 10. The highest BCUT2D eigenvalue weighted by Gasteiger charge is 2.49. The van der Waals surface area contributed by atoms with Crippen LogP contribution in [0.5, 0.6) is 11.5 Å². The number of aryl methyl sites for hydroxylation is 2. The molecule has 0 radical (unpaired) electrons. The highest BCUT2D eigenvalue weighted by atomic mass is 32.2. The summed E-state index contributed by atoms with van der Waals surface area (Å²) in [5.41, 5.74) is -2.23. The van der Waals surface area contributed by atoms with Crippen molar-refractivity contribution in [2.45, 2.75) is 71.1 Å². The summed E-state index contributed by atoms with van der Waals surface area (Å²) in [6, 6.07) is 4.20. The van der Waals surface area contributed by atoms with Gasteiger partial charge in [-0.1, -0.05) is 12.1 Å². The molecule has 2 heterocycles. The van der Waals surface area contributed by atoms with Gasteiger partial charge >= 0.3 is 5.92 Å². The van der Waals surface area contributed by atoms with Gasteiger partial charge in [0.1, 0.15) is 29.7 Å². The molecule has 3 aromatic rings. The van der Waals surface area contributed by atoms with Gasteiger partial charge in [-0.3, -0.25) is 0 Å². The molecule has 4 rings (SSSR count). The highest BCUT2D eigenvalue weighted by Crippen LogP contribution is 2.42. The normalized spacial score (nSPS) is 17.5. The number of hydrogen-bond acceptors (Lipinski definition) is 8. The lowest BCUT2D eigenvalue weighted by molar-refractivity contribution is -0.170. The molecule has 0 bridgehead atoms. The van der Waals surface area contributed by atoms with Crippen LogP contribution in [0.4, 0.5) is 19.0 Å². The van der Waals surface area contributed by atoms with Gasteiger partial charge in [-0.2, -0.15) is 13.1 Å². The molecule has 2 aromatic carbocycles. The number of nitrogens with one attached hydrogen (secondary N) is 1. The minimum absolute atomic E-state index is 0.0374. The molecule has 0 spiro atoms. The van der Waals surface area contributed by atoms with E-state index < -0.39 is 39.0 Å². The van der Waals surface area contributed by atoms with E-state index in [1.54, 1.807) is 26.8 Å². The van der Waals surface area contributed by atoms with Crippen molar-refractivity contribution in [3.63, 3.8) is 0 Å². The first kappa shape index (κ1) is 31.8. The van der Waals surface area contributed by atoms with E-state index in [1.165, 1.54) is 29.8 Å². The fourth-order valence-corrected chi connectivity index (χ4v) is 6.47. The summed E-state index contributed by atoms with van der Waals surface area (Å²) >= 11 is 0. The minimum atomic E-state index is -3.84. The first-order valence-corrected chi connectivity index (χ1v) is 15.4. The maximum Gasteiger partial charge on any atom is 0.303 e. The predicted molar refractivity (Wildman–Crippen MR) is 154 cm³/mol. The molecule has 0 aliphatic carbocycles. The van der Waals surface area contributed by atoms with Gasteiger partial charge in [-0.25, -0.2) is 22.8 Å². The van der Waals surface area contributed by atoms with E-state index in [9.17, 15) is 22.3 Å². The van der Waals surface area contributed by atoms with Gasteiger partial charge in [-0.05, 0) is 59.6 Å². The molecular formula is C29H37F3N4O5S. The van der Waals surface area contributed by atoms with Crippen LogP contribution in [-0.2, 0) is 15.9 Å². The molecule has 13 heteroatoms. The zero-order valence-electron chi connectivity index (χ0n) is 24.8. The number of methoxy groups -OCH3 is 1. The molecular weight excluding hydrogens is 573 g/mol. The van der Waals surface area contributed by atoms with Crippen molar-refractivity contribution in [1.82, 2.24) is 14.3 Å². The van der Waals surface area contributed by atoms with Crippen molar-refractivity contribution >= 4 is 26.7 Å². The van der Waals surface area contributed by atoms with E-state index in [0.29, 0.717) is 52.6 Å². The summed E-state index contributed by atoms with van der Waals surface area (Å²) in [4.78, 5) is 9.07. The number of anilines is 1. The van der Waals surface area contributed by atoms with E-state index in [1.807, 2.05) is 0 Å². The lowest BCUT2D eigenvalue weighted by Gasteiger charge is -2.30. The Balaban J connectivity index is 1.72. The third-order valence-electron chi connectivity index (χ3n) is 7.59. The average Bonchev–Trinajstić information content (AvgIpc) is 3.37. The number of alkyl halides is 2. The molecule has 0 unspecified atom stereocenters.